The van der Waals surface area contributed by atoms with Gasteiger partial charge in [-0.2, -0.15) is 0 Å². The van der Waals surface area contributed by atoms with E-state index in [2.05, 4.69) is 5.32 Å². The molecule has 0 bridgehead atoms. The number of urea groups is 1. The molecular weight excluding hydrogens is 304 g/mol. The maximum absolute atomic E-state index is 12.1. The molecule has 1 aliphatic rings. The molecule has 5 atom stereocenters. The van der Waals surface area contributed by atoms with Crippen LogP contribution in [0.3, 0.4) is 0 Å². The van der Waals surface area contributed by atoms with Gasteiger partial charge in [-0.15, -0.1) is 11.6 Å². The molecule has 2 amide bonds. The van der Waals surface area contributed by atoms with Crippen LogP contribution >= 0.6 is 11.6 Å². The van der Waals surface area contributed by atoms with Crippen molar-refractivity contribution in [2.75, 3.05) is 19.0 Å². The van der Waals surface area contributed by atoms with Crippen molar-refractivity contribution >= 4 is 17.6 Å². The SMILES string of the molecule is CC(C)N(C(=O)NCCCl)[C@@H]1O[C@H](CO)[C@H](O)[C@H](O)[C@H]1O. The number of aliphatic hydroxyl groups excluding tert-OH is 4. The first-order chi connectivity index (χ1) is 9.84. The molecule has 0 radical (unpaired) electrons. The van der Waals surface area contributed by atoms with E-state index in [1.807, 2.05) is 0 Å². The lowest BCUT2D eigenvalue weighted by molar-refractivity contribution is -0.260. The molecular formula is C12H23ClN2O6. The number of alkyl halides is 1. The van der Waals surface area contributed by atoms with Crippen LogP contribution in [0.5, 0.6) is 0 Å². The molecule has 1 saturated heterocycles. The maximum Gasteiger partial charge on any atom is 0.319 e. The standard InChI is InChI=1S/C12H23ClN2O6/c1-6(2)15(12(20)14-4-3-13)11-10(19)9(18)8(17)7(5-16)21-11/h6-11,16-19H,3-5H2,1-2H3,(H,14,20)/t7-,8+,9+,10-,11-/m1/s1. The third kappa shape index (κ3) is 4.18. The van der Waals surface area contributed by atoms with Crippen LogP contribution in [0.1, 0.15) is 13.8 Å². The first-order valence-corrected chi connectivity index (χ1v) is 7.31. The van der Waals surface area contributed by atoms with Crippen LogP contribution in [-0.2, 0) is 4.74 Å². The zero-order valence-electron chi connectivity index (χ0n) is 12.0. The Labute approximate surface area is 128 Å². The number of rotatable bonds is 5. The van der Waals surface area contributed by atoms with Gasteiger partial charge in [-0.3, -0.25) is 4.90 Å². The van der Waals surface area contributed by atoms with Crippen LogP contribution in [0, 0.1) is 0 Å². The van der Waals surface area contributed by atoms with Gasteiger partial charge in [-0.05, 0) is 13.8 Å². The summed E-state index contributed by atoms with van der Waals surface area (Å²) in [5.41, 5.74) is 0. The Bertz CT molecular complexity index is 344. The molecule has 1 heterocycles. The summed E-state index contributed by atoms with van der Waals surface area (Å²) in [6.45, 7) is 3.11. The molecule has 0 aromatic heterocycles. The van der Waals surface area contributed by atoms with Gasteiger partial charge in [-0.1, -0.05) is 0 Å². The summed E-state index contributed by atoms with van der Waals surface area (Å²) >= 11 is 5.51. The minimum Gasteiger partial charge on any atom is -0.394 e. The number of amides is 2. The Morgan fingerprint density at radius 2 is 1.90 bits per heavy atom. The first kappa shape index (κ1) is 18.4. The summed E-state index contributed by atoms with van der Waals surface area (Å²) < 4.78 is 5.38. The molecule has 1 aliphatic heterocycles. The monoisotopic (exact) mass is 326 g/mol. The van der Waals surface area contributed by atoms with Crippen LogP contribution in [0.4, 0.5) is 4.79 Å². The van der Waals surface area contributed by atoms with Crippen molar-refractivity contribution in [1.82, 2.24) is 10.2 Å². The van der Waals surface area contributed by atoms with Crippen molar-refractivity contribution in [3.63, 3.8) is 0 Å². The molecule has 0 aromatic carbocycles. The van der Waals surface area contributed by atoms with Crippen LogP contribution in [0.2, 0.25) is 0 Å². The third-order valence-corrected chi connectivity index (χ3v) is 3.49. The second-order valence-electron chi connectivity index (χ2n) is 5.14. The van der Waals surface area contributed by atoms with Gasteiger partial charge in [0.25, 0.3) is 0 Å². The molecule has 1 rings (SSSR count). The van der Waals surface area contributed by atoms with E-state index in [0.29, 0.717) is 0 Å². The van der Waals surface area contributed by atoms with E-state index in [1.54, 1.807) is 13.8 Å². The fraction of sp³-hybridized carbons (Fsp3) is 0.917. The van der Waals surface area contributed by atoms with Crippen molar-refractivity contribution < 1.29 is 30.0 Å². The lowest BCUT2D eigenvalue weighted by Crippen LogP contribution is -2.66. The van der Waals surface area contributed by atoms with E-state index >= 15 is 0 Å². The number of nitrogens with one attached hydrogen (secondary N) is 1. The summed E-state index contributed by atoms with van der Waals surface area (Å²) in [6, 6.07) is -0.864. The zero-order chi connectivity index (χ0) is 16.2. The molecule has 0 aromatic rings. The highest BCUT2D eigenvalue weighted by Gasteiger charge is 2.47. The predicted octanol–water partition coefficient (Wildman–Crippen LogP) is -1.55. The molecule has 124 valence electrons. The summed E-state index contributed by atoms with van der Waals surface area (Å²) in [6.07, 6.45) is -6.72. The second-order valence-corrected chi connectivity index (χ2v) is 5.52. The third-order valence-electron chi connectivity index (χ3n) is 3.30. The van der Waals surface area contributed by atoms with Gasteiger partial charge in [-0.25, -0.2) is 4.79 Å². The largest absolute Gasteiger partial charge is 0.394 e. The van der Waals surface area contributed by atoms with E-state index in [-0.39, 0.29) is 18.5 Å². The van der Waals surface area contributed by atoms with Gasteiger partial charge in [0.2, 0.25) is 0 Å². The Kier molecular flexibility index (Phi) is 7.11. The number of halogens is 1. The minimum absolute atomic E-state index is 0.229. The summed E-state index contributed by atoms with van der Waals surface area (Å²) in [5.74, 6) is 0.229. The van der Waals surface area contributed by atoms with E-state index in [1.165, 1.54) is 4.90 Å². The Hall–Kier alpha value is -0.640. The van der Waals surface area contributed by atoms with Gasteiger partial charge in [0.15, 0.2) is 6.23 Å². The maximum atomic E-state index is 12.1. The molecule has 0 spiro atoms. The molecule has 5 N–H and O–H groups in total. The van der Waals surface area contributed by atoms with Crippen LogP contribution in [-0.4, -0.2) is 87.1 Å². The number of carbonyl (C=O) groups excluding carboxylic acids is 1. The molecule has 9 heteroatoms. The number of carbonyl (C=O) groups is 1. The van der Waals surface area contributed by atoms with E-state index in [0.717, 1.165) is 0 Å². The topological polar surface area (TPSA) is 122 Å². The van der Waals surface area contributed by atoms with E-state index in [4.69, 9.17) is 21.4 Å². The van der Waals surface area contributed by atoms with Gasteiger partial charge in [0.05, 0.1) is 6.61 Å². The summed E-state index contributed by atoms with van der Waals surface area (Å²) in [7, 11) is 0. The molecule has 8 nitrogen and oxygen atoms in total. The Balaban J connectivity index is 2.92. The van der Waals surface area contributed by atoms with Gasteiger partial charge in [0.1, 0.15) is 24.4 Å². The van der Waals surface area contributed by atoms with E-state index < -0.39 is 43.3 Å². The quantitative estimate of drug-likeness (QED) is 0.390. The Morgan fingerprint density at radius 1 is 1.29 bits per heavy atom. The average Bonchev–Trinajstić information content (AvgIpc) is 2.45. The molecule has 1 fully saturated rings. The lowest BCUT2D eigenvalue weighted by Gasteiger charge is -2.45. The smallest absolute Gasteiger partial charge is 0.319 e. The molecule has 21 heavy (non-hydrogen) atoms. The fourth-order valence-electron chi connectivity index (χ4n) is 2.20. The number of hydrogen-bond donors (Lipinski definition) is 5. The highest BCUT2D eigenvalue weighted by molar-refractivity contribution is 6.18. The van der Waals surface area contributed by atoms with Gasteiger partial charge in [0, 0.05) is 18.5 Å². The average molecular weight is 327 g/mol. The normalized spacial score (nSPS) is 33.0. The van der Waals surface area contributed by atoms with Crippen molar-refractivity contribution in [3.05, 3.63) is 0 Å². The molecule has 0 unspecified atom stereocenters. The summed E-state index contributed by atoms with van der Waals surface area (Å²) in [4.78, 5) is 13.3. The van der Waals surface area contributed by atoms with Gasteiger partial charge < -0.3 is 30.5 Å². The zero-order valence-corrected chi connectivity index (χ0v) is 12.8. The number of hydrogen-bond acceptors (Lipinski definition) is 6. The van der Waals surface area contributed by atoms with Crippen molar-refractivity contribution in [3.8, 4) is 0 Å². The fourth-order valence-corrected chi connectivity index (χ4v) is 2.30. The molecule has 0 saturated carbocycles. The lowest BCUT2D eigenvalue weighted by atomic mass is 9.97. The molecule has 0 aliphatic carbocycles. The van der Waals surface area contributed by atoms with Crippen molar-refractivity contribution in [2.24, 2.45) is 0 Å². The highest BCUT2D eigenvalue weighted by atomic mass is 35.5. The van der Waals surface area contributed by atoms with E-state index in [9.17, 15) is 20.1 Å². The number of nitrogens with zero attached hydrogens (tertiary/aromatic N) is 1. The number of ether oxygens (including phenoxy) is 1. The Morgan fingerprint density at radius 3 is 2.38 bits per heavy atom. The number of aliphatic hydroxyl groups is 4. The van der Waals surface area contributed by atoms with Crippen LogP contribution in [0.25, 0.3) is 0 Å². The summed E-state index contributed by atoms with van der Waals surface area (Å²) in [5, 5.41) is 41.3. The van der Waals surface area contributed by atoms with Crippen molar-refractivity contribution in [2.45, 2.75) is 50.5 Å². The highest BCUT2D eigenvalue weighted by Crippen LogP contribution is 2.25. The van der Waals surface area contributed by atoms with Crippen LogP contribution < -0.4 is 5.32 Å². The van der Waals surface area contributed by atoms with Crippen molar-refractivity contribution in [1.29, 1.82) is 0 Å². The second kappa shape index (κ2) is 8.11. The first-order valence-electron chi connectivity index (χ1n) is 6.77. The minimum atomic E-state index is -1.53. The predicted molar refractivity (Wildman–Crippen MR) is 74.9 cm³/mol. The van der Waals surface area contributed by atoms with Gasteiger partial charge >= 0.3 is 6.03 Å². The van der Waals surface area contributed by atoms with Crippen LogP contribution in [0.15, 0.2) is 0 Å².